The number of aromatic nitrogens is 2. The molecule has 0 bridgehead atoms. The van der Waals surface area contributed by atoms with E-state index in [-0.39, 0.29) is 5.75 Å². The Labute approximate surface area is 120 Å². The molecule has 0 spiro atoms. The SMILES string of the molecule is CCCNc1nc(C)nc(NCCS(=O)(=O)NC)c1C. The summed E-state index contributed by atoms with van der Waals surface area (Å²) in [5, 5.41) is 6.29. The molecule has 1 aromatic rings. The Balaban J connectivity index is 2.77. The van der Waals surface area contributed by atoms with E-state index in [1.165, 1.54) is 7.05 Å². The van der Waals surface area contributed by atoms with Gasteiger partial charge in [0, 0.05) is 18.7 Å². The van der Waals surface area contributed by atoms with Gasteiger partial charge in [-0.15, -0.1) is 0 Å². The van der Waals surface area contributed by atoms with Gasteiger partial charge in [0.25, 0.3) is 0 Å². The maximum Gasteiger partial charge on any atom is 0.213 e. The molecule has 0 fully saturated rings. The molecule has 0 radical (unpaired) electrons. The lowest BCUT2D eigenvalue weighted by Gasteiger charge is -2.14. The molecule has 0 unspecified atom stereocenters. The van der Waals surface area contributed by atoms with Crippen molar-refractivity contribution in [2.24, 2.45) is 0 Å². The second-order valence-electron chi connectivity index (χ2n) is 4.47. The molecule has 0 atom stereocenters. The van der Waals surface area contributed by atoms with Crippen molar-refractivity contribution in [1.29, 1.82) is 0 Å². The highest BCUT2D eigenvalue weighted by Gasteiger charge is 2.10. The average molecular weight is 301 g/mol. The van der Waals surface area contributed by atoms with Crippen LogP contribution in [-0.2, 0) is 10.0 Å². The minimum atomic E-state index is -3.21. The predicted molar refractivity (Wildman–Crippen MR) is 81.6 cm³/mol. The van der Waals surface area contributed by atoms with Gasteiger partial charge in [-0.05, 0) is 27.3 Å². The standard InChI is InChI=1S/C12H23N5O2S/c1-5-6-14-11-9(2)12(17-10(3)16-11)15-7-8-20(18,19)13-4/h13H,5-8H2,1-4H3,(H2,14,15,16,17). The van der Waals surface area contributed by atoms with Crippen molar-refractivity contribution in [3.05, 3.63) is 11.4 Å². The largest absolute Gasteiger partial charge is 0.370 e. The molecular weight excluding hydrogens is 278 g/mol. The minimum absolute atomic E-state index is 0.00368. The molecule has 0 aliphatic carbocycles. The normalized spacial score (nSPS) is 11.4. The number of nitrogens with zero attached hydrogens (tertiary/aromatic N) is 2. The summed E-state index contributed by atoms with van der Waals surface area (Å²) in [7, 11) is -1.80. The summed E-state index contributed by atoms with van der Waals surface area (Å²) >= 11 is 0. The number of sulfonamides is 1. The zero-order valence-electron chi connectivity index (χ0n) is 12.4. The van der Waals surface area contributed by atoms with Gasteiger partial charge < -0.3 is 10.6 Å². The molecular formula is C12H23N5O2S. The molecule has 0 saturated heterocycles. The van der Waals surface area contributed by atoms with E-state index in [1.807, 2.05) is 13.8 Å². The van der Waals surface area contributed by atoms with E-state index >= 15 is 0 Å². The fraction of sp³-hybridized carbons (Fsp3) is 0.667. The Morgan fingerprint density at radius 3 is 2.10 bits per heavy atom. The Morgan fingerprint density at radius 2 is 1.60 bits per heavy atom. The van der Waals surface area contributed by atoms with Gasteiger partial charge >= 0.3 is 0 Å². The van der Waals surface area contributed by atoms with Crippen LogP contribution in [0.2, 0.25) is 0 Å². The van der Waals surface area contributed by atoms with Crippen molar-refractivity contribution >= 4 is 21.7 Å². The van der Waals surface area contributed by atoms with Gasteiger partial charge in [0.2, 0.25) is 10.0 Å². The third kappa shape index (κ3) is 4.93. The highest BCUT2D eigenvalue weighted by atomic mass is 32.2. The zero-order chi connectivity index (χ0) is 15.2. The van der Waals surface area contributed by atoms with E-state index < -0.39 is 10.0 Å². The van der Waals surface area contributed by atoms with Crippen molar-refractivity contribution in [3.63, 3.8) is 0 Å². The Morgan fingerprint density at radius 1 is 1.05 bits per heavy atom. The number of hydrogen-bond acceptors (Lipinski definition) is 6. The lowest BCUT2D eigenvalue weighted by atomic mass is 10.3. The van der Waals surface area contributed by atoms with Crippen LogP contribution in [0.5, 0.6) is 0 Å². The minimum Gasteiger partial charge on any atom is -0.370 e. The van der Waals surface area contributed by atoms with Crippen molar-refractivity contribution in [1.82, 2.24) is 14.7 Å². The summed E-state index contributed by atoms with van der Waals surface area (Å²) < 4.78 is 25.0. The van der Waals surface area contributed by atoms with Crippen LogP contribution in [0.25, 0.3) is 0 Å². The molecule has 8 heteroatoms. The maximum absolute atomic E-state index is 11.4. The summed E-state index contributed by atoms with van der Waals surface area (Å²) in [5.41, 5.74) is 0.894. The highest BCUT2D eigenvalue weighted by Crippen LogP contribution is 2.19. The molecule has 0 saturated carbocycles. The third-order valence-electron chi connectivity index (χ3n) is 2.77. The van der Waals surface area contributed by atoms with Gasteiger partial charge in [0.1, 0.15) is 17.5 Å². The van der Waals surface area contributed by atoms with Crippen LogP contribution in [0.15, 0.2) is 0 Å². The molecule has 114 valence electrons. The summed E-state index contributed by atoms with van der Waals surface area (Å²) in [4.78, 5) is 8.66. The van der Waals surface area contributed by atoms with Crippen LogP contribution in [0.4, 0.5) is 11.6 Å². The molecule has 3 N–H and O–H groups in total. The monoisotopic (exact) mass is 301 g/mol. The van der Waals surface area contributed by atoms with E-state index in [9.17, 15) is 8.42 Å². The predicted octanol–water partition coefficient (Wildman–Crippen LogP) is 0.876. The van der Waals surface area contributed by atoms with Crippen LogP contribution in [0.1, 0.15) is 24.7 Å². The van der Waals surface area contributed by atoms with Crippen LogP contribution < -0.4 is 15.4 Å². The number of aryl methyl sites for hydroxylation is 1. The Hall–Kier alpha value is -1.41. The molecule has 1 heterocycles. The van der Waals surface area contributed by atoms with E-state index in [4.69, 9.17) is 0 Å². The van der Waals surface area contributed by atoms with Gasteiger partial charge in [-0.1, -0.05) is 6.92 Å². The van der Waals surface area contributed by atoms with E-state index in [1.54, 1.807) is 0 Å². The first-order valence-corrected chi connectivity index (χ1v) is 8.29. The quantitative estimate of drug-likeness (QED) is 0.659. The second kappa shape index (κ2) is 7.39. The third-order valence-corrected chi connectivity index (χ3v) is 4.14. The fourth-order valence-corrected chi connectivity index (χ4v) is 2.20. The molecule has 0 amide bonds. The van der Waals surface area contributed by atoms with Gasteiger partial charge in [0.15, 0.2) is 0 Å². The van der Waals surface area contributed by atoms with Crippen molar-refractivity contribution in [3.8, 4) is 0 Å². The van der Waals surface area contributed by atoms with Gasteiger partial charge in [-0.2, -0.15) is 0 Å². The van der Waals surface area contributed by atoms with Crippen LogP contribution in [0, 0.1) is 13.8 Å². The van der Waals surface area contributed by atoms with Gasteiger partial charge in [-0.3, -0.25) is 0 Å². The lowest BCUT2D eigenvalue weighted by Crippen LogP contribution is -2.26. The number of nitrogens with one attached hydrogen (secondary N) is 3. The number of rotatable bonds is 8. The average Bonchev–Trinajstić information content (AvgIpc) is 2.40. The van der Waals surface area contributed by atoms with E-state index in [2.05, 4.69) is 32.2 Å². The highest BCUT2D eigenvalue weighted by molar-refractivity contribution is 7.89. The van der Waals surface area contributed by atoms with Crippen molar-refractivity contribution in [2.45, 2.75) is 27.2 Å². The smallest absolute Gasteiger partial charge is 0.213 e. The molecule has 20 heavy (non-hydrogen) atoms. The second-order valence-corrected chi connectivity index (χ2v) is 6.52. The summed E-state index contributed by atoms with van der Waals surface area (Å²) in [6.45, 7) is 6.94. The van der Waals surface area contributed by atoms with Crippen LogP contribution in [-0.4, -0.2) is 44.3 Å². The molecule has 7 nitrogen and oxygen atoms in total. The Kier molecular flexibility index (Phi) is 6.15. The Bertz CT molecular complexity index is 545. The summed E-state index contributed by atoms with van der Waals surface area (Å²) in [5.74, 6) is 2.11. The topological polar surface area (TPSA) is 96.0 Å². The molecule has 0 aliphatic rings. The van der Waals surface area contributed by atoms with Gasteiger partial charge in [0.05, 0.1) is 5.75 Å². The zero-order valence-corrected chi connectivity index (χ0v) is 13.3. The summed E-state index contributed by atoms with van der Waals surface area (Å²) in [6, 6.07) is 0. The first-order chi connectivity index (χ1) is 9.39. The van der Waals surface area contributed by atoms with E-state index in [0.717, 1.165) is 24.3 Å². The van der Waals surface area contributed by atoms with Crippen LogP contribution >= 0.6 is 0 Å². The number of anilines is 2. The first-order valence-electron chi connectivity index (χ1n) is 6.63. The lowest BCUT2D eigenvalue weighted by molar-refractivity contribution is 0.588. The fourth-order valence-electron chi connectivity index (χ4n) is 1.62. The van der Waals surface area contributed by atoms with Gasteiger partial charge in [-0.25, -0.2) is 23.1 Å². The maximum atomic E-state index is 11.4. The van der Waals surface area contributed by atoms with E-state index in [0.29, 0.717) is 18.2 Å². The summed E-state index contributed by atoms with van der Waals surface area (Å²) in [6.07, 6.45) is 1.01. The molecule has 0 aliphatic heterocycles. The molecule has 1 aromatic heterocycles. The number of hydrogen-bond donors (Lipinski definition) is 3. The van der Waals surface area contributed by atoms with Crippen molar-refractivity contribution < 1.29 is 8.42 Å². The van der Waals surface area contributed by atoms with Crippen LogP contribution in [0.3, 0.4) is 0 Å². The molecule has 1 rings (SSSR count). The molecule has 0 aromatic carbocycles. The first kappa shape index (κ1) is 16.6. The van der Waals surface area contributed by atoms with Crippen molar-refractivity contribution in [2.75, 3.05) is 36.5 Å².